The standard InChI is InChI=1S/C10H10ClNO2.ClH/c11-7-2-1-6-3-4-12-9(10(13)14)8(6)5-7;/h1-2,5,9,12H,3-4H2,(H,13,14);1H. The molecule has 1 heterocycles. The lowest BCUT2D eigenvalue weighted by atomic mass is 9.94. The molecule has 0 saturated heterocycles. The number of carbonyl (C=O) groups is 1. The number of halogens is 2. The minimum Gasteiger partial charge on any atom is -0.480 e. The highest BCUT2D eigenvalue weighted by Crippen LogP contribution is 2.25. The average molecular weight is 248 g/mol. The number of nitrogens with one attached hydrogen (secondary N) is 1. The van der Waals surface area contributed by atoms with Gasteiger partial charge in [0.15, 0.2) is 0 Å². The molecule has 0 spiro atoms. The van der Waals surface area contributed by atoms with Crippen LogP contribution in [0, 0.1) is 0 Å². The van der Waals surface area contributed by atoms with Crippen molar-refractivity contribution < 1.29 is 9.90 Å². The van der Waals surface area contributed by atoms with Crippen molar-refractivity contribution >= 4 is 30.0 Å². The Hall–Kier alpha value is -0.770. The zero-order valence-electron chi connectivity index (χ0n) is 7.87. The quantitative estimate of drug-likeness (QED) is 0.799. The Bertz CT molecular complexity index is 382. The van der Waals surface area contributed by atoms with Gasteiger partial charge in [0.2, 0.25) is 0 Å². The predicted octanol–water partition coefficient (Wildman–Crippen LogP) is 2.03. The monoisotopic (exact) mass is 247 g/mol. The van der Waals surface area contributed by atoms with Gasteiger partial charge in [-0.2, -0.15) is 0 Å². The van der Waals surface area contributed by atoms with Crippen LogP contribution in [-0.4, -0.2) is 17.6 Å². The second-order valence-electron chi connectivity index (χ2n) is 3.32. The first-order valence-corrected chi connectivity index (χ1v) is 4.81. The molecule has 0 bridgehead atoms. The molecule has 3 nitrogen and oxygen atoms in total. The van der Waals surface area contributed by atoms with Crippen LogP contribution in [0.1, 0.15) is 17.2 Å². The third-order valence-corrected chi connectivity index (χ3v) is 2.64. The number of rotatable bonds is 1. The molecule has 1 atom stereocenters. The van der Waals surface area contributed by atoms with Gasteiger partial charge < -0.3 is 10.4 Å². The molecule has 2 rings (SSSR count). The number of fused-ring (bicyclic) bond motifs is 1. The summed E-state index contributed by atoms with van der Waals surface area (Å²) in [7, 11) is 0. The molecule has 1 aliphatic rings. The highest BCUT2D eigenvalue weighted by atomic mass is 35.5. The zero-order chi connectivity index (χ0) is 10.1. The summed E-state index contributed by atoms with van der Waals surface area (Å²) < 4.78 is 0. The average Bonchev–Trinajstić information content (AvgIpc) is 2.16. The summed E-state index contributed by atoms with van der Waals surface area (Å²) in [4.78, 5) is 10.9. The normalized spacial score (nSPS) is 18.9. The molecule has 0 amide bonds. The molecule has 0 aliphatic carbocycles. The molecule has 1 aliphatic heterocycles. The summed E-state index contributed by atoms with van der Waals surface area (Å²) in [5.41, 5.74) is 1.86. The highest BCUT2D eigenvalue weighted by molar-refractivity contribution is 6.30. The fourth-order valence-corrected chi connectivity index (χ4v) is 1.92. The molecule has 1 unspecified atom stereocenters. The van der Waals surface area contributed by atoms with Crippen molar-refractivity contribution in [1.82, 2.24) is 5.32 Å². The van der Waals surface area contributed by atoms with Gasteiger partial charge >= 0.3 is 5.97 Å². The van der Waals surface area contributed by atoms with Crippen molar-refractivity contribution in [2.75, 3.05) is 6.54 Å². The molecule has 15 heavy (non-hydrogen) atoms. The van der Waals surface area contributed by atoms with E-state index in [2.05, 4.69) is 5.32 Å². The summed E-state index contributed by atoms with van der Waals surface area (Å²) in [6, 6.07) is 4.80. The Balaban J connectivity index is 0.00000112. The molecule has 0 fully saturated rings. The Kier molecular flexibility index (Phi) is 3.97. The van der Waals surface area contributed by atoms with Crippen LogP contribution in [0.5, 0.6) is 0 Å². The van der Waals surface area contributed by atoms with E-state index in [0.717, 1.165) is 17.5 Å². The molecule has 1 aromatic carbocycles. The van der Waals surface area contributed by atoms with Crippen LogP contribution in [0.3, 0.4) is 0 Å². The number of carboxylic acid groups (broad SMARTS) is 1. The molecular formula is C10H11Cl2NO2. The van der Waals surface area contributed by atoms with Gasteiger partial charge in [-0.15, -0.1) is 12.4 Å². The fraction of sp³-hybridized carbons (Fsp3) is 0.300. The van der Waals surface area contributed by atoms with Crippen LogP contribution < -0.4 is 5.32 Å². The van der Waals surface area contributed by atoms with Crippen molar-refractivity contribution in [2.45, 2.75) is 12.5 Å². The van der Waals surface area contributed by atoms with Gasteiger partial charge in [-0.25, -0.2) is 0 Å². The van der Waals surface area contributed by atoms with E-state index in [0.29, 0.717) is 11.6 Å². The van der Waals surface area contributed by atoms with E-state index in [1.54, 1.807) is 12.1 Å². The SMILES string of the molecule is Cl.O=C(O)C1NCCc2ccc(Cl)cc21. The van der Waals surface area contributed by atoms with Crippen molar-refractivity contribution in [3.8, 4) is 0 Å². The summed E-state index contributed by atoms with van der Waals surface area (Å²) in [6.07, 6.45) is 0.857. The molecule has 0 aromatic heterocycles. The van der Waals surface area contributed by atoms with E-state index in [9.17, 15) is 4.79 Å². The predicted molar refractivity (Wildman–Crippen MR) is 60.8 cm³/mol. The van der Waals surface area contributed by atoms with Crippen LogP contribution in [0.15, 0.2) is 18.2 Å². The Morgan fingerprint density at radius 1 is 1.53 bits per heavy atom. The lowest BCUT2D eigenvalue weighted by molar-refractivity contribution is -0.139. The molecule has 1 aromatic rings. The van der Waals surface area contributed by atoms with Gasteiger partial charge in [0.05, 0.1) is 0 Å². The van der Waals surface area contributed by atoms with E-state index < -0.39 is 12.0 Å². The molecule has 0 radical (unpaired) electrons. The van der Waals surface area contributed by atoms with Gasteiger partial charge in [-0.05, 0) is 29.7 Å². The second kappa shape index (κ2) is 4.84. The minimum atomic E-state index is -0.854. The van der Waals surface area contributed by atoms with E-state index in [4.69, 9.17) is 16.7 Å². The number of carboxylic acids is 1. The smallest absolute Gasteiger partial charge is 0.325 e. The zero-order valence-corrected chi connectivity index (χ0v) is 9.44. The topological polar surface area (TPSA) is 49.3 Å². The Morgan fingerprint density at radius 2 is 2.27 bits per heavy atom. The number of hydrogen-bond acceptors (Lipinski definition) is 2. The first-order valence-electron chi connectivity index (χ1n) is 4.43. The molecular weight excluding hydrogens is 237 g/mol. The van der Waals surface area contributed by atoms with Crippen LogP contribution in [0.25, 0.3) is 0 Å². The van der Waals surface area contributed by atoms with Crippen LogP contribution in [-0.2, 0) is 11.2 Å². The summed E-state index contributed by atoms with van der Waals surface area (Å²) in [5, 5.41) is 12.5. The maximum Gasteiger partial charge on any atom is 0.325 e. The van der Waals surface area contributed by atoms with E-state index >= 15 is 0 Å². The van der Waals surface area contributed by atoms with Crippen molar-refractivity contribution in [1.29, 1.82) is 0 Å². The van der Waals surface area contributed by atoms with E-state index in [1.165, 1.54) is 0 Å². The van der Waals surface area contributed by atoms with Gasteiger partial charge in [0.25, 0.3) is 0 Å². The first-order chi connectivity index (χ1) is 6.68. The van der Waals surface area contributed by atoms with Crippen molar-refractivity contribution in [3.05, 3.63) is 34.3 Å². The lowest BCUT2D eigenvalue weighted by Crippen LogP contribution is -2.34. The summed E-state index contributed by atoms with van der Waals surface area (Å²) in [5.74, 6) is -0.854. The van der Waals surface area contributed by atoms with Crippen LogP contribution >= 0.6 is 24.0 Å². The van der Waals surface area contributed by atoms with E-state index in [-0.39, 0.29) is 12.4 Å². The summed E-state index contributed by atoms with van der Waals surface area (Å²) in [6.45, 7) is 0.700. The highest BCUT2D eigenvalue weighted by Gasteiger charge is 2.25. The Morgan fingerprint density at radius 3 is 2.93 bits per heavy atom. The molecule has 82 valence electrons. The number of hydrogen-bond donors (Lipinski definition) is 2. The van der Waals surface area contributed by atoms with Gasteiger partial charge in [0, 0.05) is 11.6 Å². The molecule has 0 saturated carbocycles. The first kappa shape index (κ1) is 12.3. The largest absolute Gasteiger partial charge is 0.480 e. The van der Waals surface area contributed by atoms with Crippen molar-refractivity contribution in [2.24, 2.45) is 0 Å². The molecule has 5 heteroatoms. The second-order valence-corrected chi connectivity index (χ2v) is 3.75. The molecule has 2 N–H and O–H groups in total. The lowest BCUT2D eigenvalue weighted by Gasteiger charge is -2.23. The van der Waals surface area contributed by atoms with Crippen LogP contribution in [0.4, 0.5) is 0 Å². The van der Waals surface area contributed by atoms with Crippen LogP contribution in [0.2, 0.25) is 5.02 Å². The number of aliphatic carboxylic acids is 1. The third-order valence-electron chi connectivity index (χ3n) is 2.41. The fourth-order valence-electron chi connectivity index (χ4n) is 1.74. The van der Waals surface area contributed by atoms with Gasteiger partial charge in [-0.3, -0.25) is 4.79 Å². The number of benzene rings is 1. The summed E-state index contributed by atoms with van der Waals surface area (Å²) >= 11 is 5.83. The maximum absolute atomic E-state index is 10.9. The van der Waals surface area contributed by atoms with Crippen molar-refractivity contribution in [3.63, 3.8) is 0 Å². The third kappa shape index (κ3) is 2.43. The maximum atomic E-state index is 10.9. The minimum absolute atomic E-state index is 0. The van der Waals surface area contributed by atoms with E-state index in [1.807, 2.05) is 6.07 Å². The van der Waals surface area contributed by atoms with Gasteiger partial charge in [-0.1, -0.05) is 17.7 Å². The van der Waals surface area contributed by atoms with Gasteiger partial charge in [0.1, 0.15) is 6.04 Å². The Labute approximate surface area is 98.8 Å².